The minimum absolute atomic E-state index is 0.0888. The standard InChI is InChI=1S/C34H43FN6O3/c1-7-9-27-14-15-28(35)31(38-27)29(16-19-44-6)40-21-24(4)41(34(43)23(2)3)30(22-40)33(42)37-20-25-10-12-26(13-11-25)32-36-17-8-18-39(32)5/h8,10-15,17-18,23-24,29-30,32H,16,19-22H2,1-6H3,(H,37,42)/t24-,29-,30-,32?/m1/s1. The average Bonchev–Trinajstić information content (AvgIpc) is 3.01. The molecule has 2 amide bonds. The quantitative estimate of drug-likeness (QED) is 0.413. The number of hydrogen-bond acceptors (Lipinski definition) is 7. The summed E-state index contributed by atoms with van der Waals surface area (Å²) in [5.74, 6) is 4.66. The Balaban J connectivity index is 1.56. The molecule has 10 heteroatoms. The van der Waals surface area contributed by atoms with Crippen LogP contribution in [0.4, 0.5) is 4.39 Å². The summed E-state index contributed by atoms with van der Waals surface area (Å²) in [5, 5.41) is 3.06. The zero-order valence-electron chi connectivity index (χ0n) is 26.5. The molecule has 2 aliphatic rings. The number of aromatic nitrogens is 1. The van der Waals surface area contributed by atoms with Crippen molar-refractivity contribution in [2.24, 2.45) is 10.9 Å². The molecule has 1 unspecified atom stereocenters. The van der Waals surface area contributed by atoms with Crippen molar-refractivity contribution in [2.75, 3.05) is 33.9 Å². The van der Waals surface area contributed by atoms with E-state index in [1.165, 1.54) is 6.07 Å². The van der Waals surface area contributed by atoms with Gasteiger partial charge >= 0.3 is 0 Å². The lowest BCUT2D eigenvalue weighted by Crippen LogP contribution is -2.65. The molecular weight excluding hydrogens is 559 g/mol. The largest absolute Gasteiger partial charge is 0.385 e. The van der Waals surface area contributed by atoms with Gasteiger partial charge in [-0.2, -0.15) is 0 Å². The first-order chi connectivity index (χ1) is 21.1. The summed E-state index contributed by atoms with van der Waals surface area (Å²) in [7, 11) is 3.58. The fourth-order valence-corrected chi connectivity index (χ4v) is 5.79. The van der Waals surface area contributed by atoms with E-state index in [0.29, 0.717) is 31.8 Å². The molecule has 1 N–H and O–H groups in total. The smallest absolute Gasteiger partial charge is 0.244 e. The summed E-state index contributed by atoms with van der Waals surface area (Å²) < 4.78 is 20.6. The average molecular weight is 603 g/mol. The predicted octanol–water partition coefficient (Wildman–Crippen LogP) is 4.07. The van der Waals surface area contributed by atoms with E-state index < -0.39 is 17.9 Å². The molecule has 1 aromatic heterocycles. The van der Waals surface area contributed by atoms with Gasteiger partial charge in [0.25, 0.3) is 0 Å². The zero-order valence-corrected chi connectivity index (χ0v) is 26.5. The van der Waals surface area contributed by atoms with Crippen LogP contribution in [0.2, 0.25) is 0 Å². The van der Waals surface area contributed by atoms with E-state index in [2.05, 4.69) is 32.0 Å². The predicted molar refractivity (Wildman–Crippen MR) is 169 cm³/mol. The van der Waals surface area contributed by atoms with Gasteiger partial charge in [-0.3, -0.25) is 19.5 Å². The number of aliphatic imine (C=N–C) groups is 1. The van der Waals surface area contributed by atoms with Gasteiger partial charge in [0.2, 0.25) is 11.8 Å². The Kier molecular flexibility index (Phi) is 11.3. The first-order valence-electron chi connectivity index (χ1n) is 15.1. The van der Waals surface area contributed by atoms with Crippen LogP contribution in [-0.2, 0) is 20.9 Å². The van der Waals surface area contributed by atoms with Crippen LogP contribution in [0, 0.1) is 23.6 Å². The molecule has 44 heavy (non-hydrogen) atoms. The Bertz CT molecular complexity index is 1430. The third-order valence-electron chi connectivity index (χ3n) is 8.01. The molecule has 0 spiro atoms. The Morgan fingerprint density at radius 3 is 2.57 bits per heavy atom. The normalized spacial score (nSPS) is 20.8. The van der Waals surface area contributed by atoms with Gasteiger partial charge in [0.05, 0.1) is 11.7 Å². The molecule has 3 heterocycles. The van der Waals surface area contributed by atoms with E-state index in [9.17, 15) is 9.59 Å². The Morgan fingerprint density at radius 1 is 1.16 bits per heavy atom. The van der Waals surface area contributed by atoms with Gasteiger partial charge in [-0.05, 0) is 55.5 Å². The monoisotopic (exact) mass is 602 g/mol. The van der Waals surface area contributed by atoms with Crippen molar-refractivity contribution >= 4 is 18.0 Å². The zero-order chi connectivity index (χ0) is 31.8. The SMILES string of the molecule is CC#Cc1ccc(F)c([C@@H](CCOC)N2C[C@@H](C)N(C(=O)C(C)C)[C@@H](C(=O)NCc3ccc(C4N=CC=CN4C)cc3)C2)n1. The topological polar surface area (TPSA) is 90.4 Å². The van der Waals surface area contributed by atoms with Crippen LogP contribution in [0.25, 0.3) is 0 Å². The summed E-state index contributed by atoms with van der Waals surface area (Å²) in [6.45, 7) is 8.67. The number of nitrogens with one attached hydrogen (secondary N) is 1. The fraction of sp³-hybridized carbons (Fsp3) is 0.471. The lowest BCUT2D eigenvalue weighted by molar-refractivity contribution is -0.151. The van der Waals surface area contributed by atoms with Gasteiger partial charge in [-0.25, -0.2) is 9.37 Å². The maximum atomic E-state index is 15.2. The number of rotatable bonds is 10. The lowest BCUT2D eigenvalue weighted by atomic mass is 9.98. The van der Waals surface area contributed by atoms with Crippen molar-refractivity contribution in [2.45, 2.75) is 65.0 Å². The first-order valence-corrected chi connectivity index (χ1v) is 15.1. The van der Waals surface area contributed by atoms with Crippen LogP contribution in [0.3, 0.4) is 0 Å². The molecule has 0 radical (unpaired) electrons. The molecule has 1 aromatic carbocycles. The third kappa shape index (κ3) is 7.71. The van der Waals surface area contributed by atoms with Crippen LogP contribution < -0.4 is 5.32 Å². The molecule has 1 saturated heterocycles. The molecule has 234 valence electrons. The summed E-state index contributed by atoms with van der Waals surface area (Å²) in [4.78, 5) is 42.1. The Hall–Kier alpha value is -4.07. The number of carbonyl (C=O) groups is 2. The van der Waals surface area contributed by atoms with Crippen molar-refractivity contribution in [3.05, 3.63) is 77.0 Å². The number of amides is 2. The van der Waals surface area contributed by atoms with Crippen molar-refractivity contribution in [1.82, 2.24) is 25.0 Å². The van der Waals surface area contributed by atoms with Gasteiger partial charge in [0.15, 0.2) is 0 Å². The molecule has 2 aromatic rings. The van der Waals surface area contributed by atoms with Crippen LogP contribution >= 0.6 is 0 Å². The highest BCUT2D eigenvalue weighted by atomic mass is 19.1. The van der Waals surface area contributed by atoms with Crippen LogP contribution in [-0.4, -0.2) is 83.7 Å². The van der Waals surface area contributed by atoms with E-state index >= 15 is 4.39 Å². The van der Waals surface area contributed by atoms with Gasteiger partial charge in [0.1, 0.15) is 23.7 Å². The molecule has 0 aliphatic carbocycles. The third-order valence-corrected chi connectivity index (χ3v) is 8.01. The number of carbonyl (C=O) groups excluding carboxylic acids is 2. The number of allylic oxidation sites excluding steroid dienone is 1. The van der Waals surface area contributed by atoms with Gasteiger partial charge in [0, 0.05) is 64.8 Å². The highest BCUT2D eigenvalue weighted by Gasteiger charge is 2.42. The molecule has 0 bridgehead atoms. The summed E-state index contributed by atoms with van der Waals surface area (Å²) in [6, 6.07) is 9.40. The Morgan fingerprint density at radius 2 is 1.91 bits per heavy atom. The summed E-state index contributed by atoms with van der Waals surface area (Å²) in [5.41, 5.74) is 2.72. The number of halogens is 1. The number of ether oxygens (including phenoxy) is 1. The lowest BCUT2D eigenvalue weighted by Gasteiger charge is -2.47. The molecule has 9 nitrogen and oxygen atoms in total. The fourth-order valence-electron chi connectivity index (χ4n) is 5.79. The minimum atomic E-state index is -0.767. The van der Waals surface area contributed by atoms with Crippen molar-refractivity contribution in [1.29, 1.82) is 0 Å². The molecule has 4 atom stereocenters. The molecule has 0 saturated carbocycles. The molecular formula is C34H43FN6O3. The van der Waals surface area contributed by atoms with Crippen molar-refractivity contribution < 1.29 is 18.7 Å². The maximum Gasteiger partial charge on any atom is 0.244 e. The van der Waals surface area contributed by atoms with E-state index in [-0.39, 0.29) is 42.2 Å². The van der Waals surface area contributed by atoms with Gasteiger partial charge in [-0.15, -0.1) is 0 Å². The number of pyridine rings is 1. The molecule has 4 rings (SSSR count). The molecule has 2 aliphatic heterocycles. The van der Waals surface area contributed by atoms with Crippen LogP contribution in [0.15, 0.2) is 53.7 Å². The van der Waals surface area contributed by atoms with E-state index in [1.54, 1.807) is 31.2 Å². The number of nitrogens with zero attached hydrogens (tertiary/aromatic N) is 5. The van der Waals surface area contributed by atoms with Crippen molar-refractivity contribution in [3.63, 3.8) is 0 Å². The maximum absolute atomic E-state index is 15.2. The number of methoxy groups -OCH3 is 1. The summed E-state index contributed by atoms with van der Waals surface area (Å²) >= 11 is 0. The highest BCUT2D eigenvalue weighted by molar-refractivity contribution is 5.89. The molecule has 1 fully saturated rings. The second-order valence-corrected chi connectivity index (χ2v) is 11.6. The van der Waals surface area contributed by atoms with Gasteiger partial charge in [-0.1, -0.05) is 44.0 Å². The highest BCUT2D eigenvalue weighted by Crippen LogP contribution is 2.31. The van der Waals surface area contributed by atoms with Gasteiger partial charge < -0.3 is 19.9 Å². The second kappa shape index (κ2) is 15.1. The number of benzene rings is 1. The number of piperazine rings is 1. The second-order valence-electron chi connectivity index (χ2n) is 11.6. The van der Waals surface area contributed by atoms with Crippen molar-refractivity contribution in [3.8, 4) is 11.8 Å². The van der Waals surface area contributed by atoms with E-state index in [0.717, 1.165) is 11.1 Å². The summed E-state index contributed by atoms with van der Waals surface area (Å²) in [6.07, 6.45) is 6.04. The first kappa shape index (κ1) is 32.8. The Labute approximate surface area is 260 Å². The van der Waals surface area contributed by atoms with E-state index in [1.807, 2.05) is 69.3 Å². The minimum Gasteiger partial charge on any atom is -0.385 e. The number of hydrogen-bond donors (Lipinski definition) is 1. The van der Waals surface area contributed by atoms with Crippen LogP contribution in [0.1, 0.15) is 68.8 Å². The van der Waals surface area contributed by atoms with Crippen LogP contribution in [0.5, 0.6) is 0 Å². The van der Waals surface area contributed by atoms with E-state index in [4.69, 9.17) is 4.74 Å².